The predicted molar refractivity (Wildman–Crippen MR) is 91.2 cm³/mol. The molecule has 1 aromatic rings. The first-order chi connectivity index (χ1) is 10.9. The fourth-order valence-electron chi connectivity index (χ4n) is 4.02. The second-order valence-corrected chi connectivity index (χ2v) is 7.43. The zero-order valence-electron chi connectivity index (χ0n) is 14.3. The van der Waals surface area contributed by atoms with Gasteiger partial charge in [-0.05, 0) is 42.9 Å². The van der Waals surface area contributed by atoms with E-state index in [2.05, 4.69) is 13.8 Å². The van der Waals surface area contributed by atoms with Gasteiger partial charge in [0, 0.05) is 31.7 Å². The average Bonchev–Trinajstić information content (AvgIpc) is 2.87. The second-order valence-electron chi connectivity index (χ2n) is 7.43. The van der Waals surface area contributed by atoms with E-state index in [4.69, 9.17) is 0 Å². The Morgan fingerprint density at radius 2 is 1.83 bits per heavy atom. The molecule has 2 aliphatic rings. The van der Waals surface area contributed by atoms with Gasteiger partial charge in [0.15, 0.2) is 0 Å². The quantitative estimate of drug-likeness (QED) is 0.842. The Balaban J connectivity index is 1.70. The summed E-state index contributed by atoms with van der Waals surface area (Å²) in [7, 11) is 0. The minimum Gasteiger partial charge on any atom is -0.342 e. The third-order valence-electron chi connectivity index (χ3n) is 4.97. The van der Waals surface area contributed by atoms with Crippen LogP contribution in [0, 0.1) is 24.7 Å². The molecule has 4 nitrogen and oxygen atoms in total. The Bertz CT molecular complexity index is 603. The SMILES string of the molecule is Cc1cccc(N2CC(C(=O)N3CC(C)CC(C)C3)CC2=O)c1. The van der Waals surface area contributed by atoms with Gasteiger partial charge in [-0.25, -0.2) is 0 Å². The molecular formula is C19H26N2O2. The van der Waals surface area contributed by atoms with Gasteiger partial charge in [-0.1, -0.05) is 26.0 Å². The van der Waals surface area contributed by atoms with Crippen molar-refractivity contribution in [2.75, 3.05) is 24.5 Å². The highest BCUT2D eigenvalue weighted by Gasteiger charge is 2.38. The molecule has 0 aliphatic carbocycles. The van der Waals surface area contributed by atoms with Crippen LogP contribution in [0.3, 0.4) is 0 Å². The Labute approximate surface area is 138 Å². The van der Waals surface area contributed by atoms with Gasteiger partial charge in [-0.3, -0.25) is 9.59 Å². The van der Waals surface area contributed by atoms with Crippen LogP contribution in [0.15, 0.2) is 24.3 Å². The summed E-state index contributed by atoms with van der Waals surface area (Å²) in [4.78, 5) is 28.9. The summed E-state index contributed by atoms with van der Waals surface area (Å²) < 4.78 is 0. The Morgan fingerprint density at radius 1 is 1.13 bits per heavy atom. The van der Waals surface area contributed by atoms with Gasteiger partial charge >= 0.3 is 0 Å². The molecule has 23 heavy (non-hydrogen) atoms. The van der Waals surface area contributed by atoms with E-state index in [9.17, 15) is 9.59 Å². The molecule has 0 aromatic heterocycles. The average molecular weight is 314 g/mol. The number of likely N-dealkylation sites (tertiary alicyclic amines) is 1. The molecule has 2 aliphatic heterocycles. The van der Waals surface area contributed by atoms with Crippen molar-refractivity contribution in [1.82, 2.24) is 4.90 Å². The molecule has 3 rings (SSSR count). The van der Waals surface area contributed by atoms with E-state index < -0.39 is 0 Å². The van der Waals surface area contributed by atoms with E-state index in [1.807, 2.05) is 36.1 Å². The van der Waals surface area contributed by atoms with Crippen LogP contribution in [-0.4, -0.2) is 36.3 Å². The van der Waals surface area contributed by atoms with Gasteiger partial charge in [-0.15, -0.1) is 0 Å². The van der Waals surface area contributed by atoms with E-state index in [0.717, 1.165) is 24.3 Å². The number of amides is 2. The number of hydrogen-bond donors (Lipinski definition) is 0. The van der Waals surface area contributed by atoms with Crippen molar-refractivity contribution in [2.45, 2.75) is 33.6 Å². The molecular weight excluding hydrogens is 288 g/mol. The molecule has 3 atom stereocenters. The van der Waals surface area contributed by atoms with Crippen LogP contribution < -0.4 is 4.90 Å². The maximum absolute atomic E-state index is 12.8. The fourth-order valence-corrected chi connectivity index (χ4v) is 4.02. The van der Waals surface area contributed by atoms with E-state index in [-0.39, 0.29) is 17.7 Å². The van der Waals surface area contributed by atoms with Gasteiger partial charge in [-0.2, -0.15) is 0 Å². The Hall–Kier alpha value is -1.84. The minimum atomic E-state index is -0.194. The first-order valence-corrected chi connectivity index (χ1v) is 8.60. The molecule has 0 saturated carbocycles. The smallest absolute Gasteiger partial charge is 0.228 e. The first kappa shape index (κ1) is 16.0. The molecule has 0 N–H and O–H groups in total. The molecule has 2 saturated heterocycles. The van der Waals surface area contributed by atoms with Crippen molar-refractivity contribution in [3.8, 4) is 0 Å². The van der Waals surface area contributed by atoms with Gasteiger partial charge in [0.05, 0.1) is 5.92 Å². The summed E-state index contributed by atoms with van der Waals surface area (Å²) in [5.41, 5.74) is 2.04. The fraction of sp³-hybridized carbons (Fsp3) is 0.579. The standard InChI is InChI=1S/C19H26N2O2/c1-13-5-4-6-17(8-13)21-12-16(9-18(21)22)19(23)20-10-14(2)7-15(3)11-20/h4-6,8,14-16H,7,9-12H2,1-3H3. The summed E-state index contributed by atoms with van der Waals surface area (Å²) >= 11 is 0. The van der Waals surface area contributed by atoms with Gasteiger partial charge in [0.25, 0.3) is 0 Å². The maximum Gasteiger partial charge on any atom is 0.228 e. The molecule has 124 valence electrons. The summed E-state index contributed by atoms with van der Waals surface area (Å²) in [6, 6.07) is 7.93. The minimum absolute atomic E-state index is 0.0621. The number of piperidine rings is 1. The van der Waals surface area contributed by atoms with E-state index in [1.165, 1.54) is 6.42 Å². The maximum atomic E-state index is 12.8. The van der Waals surface area contributed by atoms with Crippen LogP contribution >= 0.6 is 0 Å². The highest BCUT2D eigenvalue weighted by Crippen LogP contribution is 2.29. The lowest BCUT2D eigenvalue weighted by atomic mass is 9.91. The predicted octanol–water partition coefficient (Wildman–Crippen LogP) is 2.85. The van der Waals surface area contributed by atoms with Crippen LogP contribution in [0.2, 0.25) is 0 Å². The van der Waals surface area contributed by atoms with Crippen LogP contribution in [-0.2, 0) is 9.59 Å². The van der Waals surface area contributed by atoms with E-state index in [0.29, 0.717) is 24.8 Å². The third kappa shape index (κ3) is 3.41. The topological polar surface area (TPSA) is 40.6 Å². The monoisotopic (exact) mass is 314 g/mol. The summed E-state index contributed by atoms with van der Waals surface area (Å²) in [5.74, 6) is 1.12. The molecule has 4 heteroatoms. The zero-order valence-corrected chi connectivity index (χ0v) is 14.3. The van der Waals surface area contributed by atoms with Crippen LogP contribution in [0.25, 0.3) is 0 Å². The van der Waals surface area contributed by atoms with Gasteiger partial charge in [0.1, 0.15) is 0 Å². The molecule has 0 bridgehead atoms. The molecule has 2 heterocycles. The molecule has 0 radical (unpaired) electrons. The summed E-state index contributed by atoms with van der Waals surface area (Å²) in [5, 5.41) is 0. The summed E-state index contributed by atoms with van der Waals surface area (Å²) in [6.07, 6.45) is 1.52. The first-order valence-electron chi connectivity index (χ1n) is 8.60. The van der Waals surface area contributed by atoms with Crippen molar-refractivity contribution in [2.24, 2.45) is 17.8 Å². The lowest BCUT2D eigenvalue weighted by molar-refractivity contribution is -0.138. The van der Waals surface area contributed by atoms with Crippen molar-refractivity contribution < 1.29 is 9.59 Å². The van der Waals surface area contributed by atoms with Crippen molar-refractivity contribution >= 4 is 17.5 Å². The molecule has 3 unspecified atom stereocenters. The van der Waals surface area contributed by atoms with Crippen molar-refractivity contribution in [3.63, 3.8) is 0 Å². The number of aryl methyl sites for hydroxylation is 1. The van der Waals surface area contributed by atoms with Crippen LogP contribution in [0.5, 0.6) is 0 Å². The lowest BCUT2D eigenvalue weighted by Crippen LogP contribution is -2.45. The number of anilines is 1. The number of carbonyl (C=O) groups is 2. The Morgan fingerprint density at radius 3 is 2.48 bits per heavy atom. The van der Waals surface area contributed by atoms with E-state index in [1.54, 1.807) is 4.90 Å². The van der Waals surface area contributed by atoms with Crippen LogP contribution in [0.4, 0.5) is 5.69 Å². The molecule has 1 aromatic carbocycles. The highest BCUT2D eigenvalue weighted by atomic mass is 16.2. The molecule has 0 spiro atoms. The number of benzene rings is 1. The normalized spacial score (nSPS) is 28.3. The second kappa shape index (κ2) is 6.34. The van der Waals surface area contributed by atoms with E-state index >= 15 is 0 Å². The molecule has 2 fully saturated rings. The number of carbonyl (C=O) groups excluding carboxylic acids is 2. The Kier molecular flexibility index (Phi) is 4.42. The lowest BCUT2D eigenvalue weighted by Gasteiger charge is -2.36. The van der Waals surface area contributed by atoms with Gasteiger partial charge in [0.2, 0.25) is 11.8 Å². The van der Waals surface area contributed by atoms with Gasteiger partial charge < -0.3 is 9.80 Å². The van der Waals surface area contributed by atoms with Crippen molar-refractivity contribution in [3.05, 3.63) is 29.8 Å². The third-order valence-corrected chi connectivity index (χ3v) is 4.97. The highest BCUT2D eigenvalue weighted by molar-refractivity contribution is 6.00. The number of rotatable bonds is 2. The summed E-state index contributed by atoms with van der Waals surface area (Å²) in [6.45, 7) is 8.60. The largest absolute Gasteiger partial charge is 0.342 e. The van der Waals surface area contributed by atoms with Crippen molar-refractivity contribution in [1.29, 1.82) is 0 Å². The number of nitrogens with zero attached hydrogens (tertiary/aromatic N) is 2. The zero-order chi connectivity index (χ0) is 16.6. The number of hydrogen-bond acceptors (Lipinski definition) is 2. The van der Waals surface area contributed by atoms with Crippen LogP contribution in [0.1, 0.15) is 32.3 Å². The molecule has 2 amide bonds.